The molecule has 8 nitrogen and oxygen atoms in total. The number of hydrogen-bond donors (Lipinski definition) is 2. The highest BCUT2D eigenvalue weighted by Gasteiger charge is 2.23. The first-order valence-corrected chi connectivity index (χ1v) is 5.35. The zero-order valence-corrected chi connectivity index (χ0v) is 9.89. The van der Waals surface area contributed by atoms with Gasteiger partial charge >= 0.3 is 0 Å². The number of hydrogen-bond acceptors (Lipinski definition) is 6. The van der Waals surface area contributed by atoms with Gasteiger partial charge in [0.2, 0.25) is 0 Å². The van der Waals surface area contributed by atoms with Crippen LogP contribution < -0.4 is 0 Å². The predicted octanol–water partition coefficient (Wildman–Crippen LogP) is 2.58. The van der Waals surface area contributed by atoms with E-state index >= 15 is 0 Å². The molecule has 2 aromatic carbocycles. The first kappa shape index (κ1) is 13.3. The van der Waals surface area contributed by atoms with E-state index in [4.69, 9.17) is 0 Å². The summed E-state index contributed by atoms with van der Waals surface area (Å²) in [5.41, 5.74) is -1.09. The Morgan fingerprint density at radius 2 is 1.10 bits per heavy atom. The SMILES string of the molecule is O=[N+]([O-])c1ccc(O)cc1-c1cc(O)ccc1[N+](=O)[O-]. The van der Waals surface area contributed by atoms with Crippen molar-refractivity contribution in [3.63, 3.8) is 0 Å². The van der Waals surface area contributed by atoms with Gasteiger partial charge in [0.15, 0.2) is 0 Å². The molecule has 0 aliphatic heterocycles. The predicted molar refractivity (Wildman–Crippen MR) is 68.5 cm³/mol. The van der Waals surface area contributed by atoms with Gasteiger partial charge in [0.05, 0.1) is 21.0 Å². The lowest BCUT2D eigenvalue weighted by molar-refractivity contribution is -0.386. The van der Waals surface area contributed by atoms with Gasteiger partial charge < -0.3 is 10.2 Å². The smallest absolute Gasteiger partial charge is 0.277 e. The number of phenols is 2. The minimum atomic E-state index is -0.720. The summed E-state index contributed by atoms with van der Waals surface area (Å²) in [6, 6.07) is 6.38. The maximum Gasteiger partial charge on any atom is 0.277 e. The Balaban J connectivity index is 2.79. The summed E-state index contributed by atoms with van der Waals surface area (Å²) in [7, 11) is 0. The summed E-state index contributed by atoms with van der Waals surface area (Å²) >= 11 is 0. The number of nitro benzene ring substituents is 2. The Bertz CT molecular complexity index is 652. The lowest BCUT2D eigenvalue weighted by Gasteiger charge is -2.05. The topological polar surface area (TPSA) is 127 Å². The van der Waals surface area contributed by atoms with Gasteiger partial charge in [-0.1, -0.05) is 0 Å². The molecule has 102 valence electrons. The van der Waals surface area contributed by atoms with E-state index in [1.807, 2.05) is 0 Å². The first-order valence-electron chi connectivity index (χ1n) is 5.35. The second kappa shape index (κ2) is 4.84. The fourth-order valence-electron chi connectivity index (χ4n) is 1.80. The zero-order valence-electron chi connectivity index (χ0n) is 9.89. The summed E-state index contributed by atoms with van der Waals surface area (Å²) in [6.45, 7) is 0. The Labute approximate surface area is 111 Å². The molecular formula is C12H8N2O6. The molecule has 0 amide bonds. The van der Waals surface area contributed by atoms with Gasteiger partial charge in [0, 0.05) is 12.1 Å². The van der Waals surface area contributed by atoms with Crippen molar-refractivity contribution in [3.8, 4) is 22.6 Å². The van der Waals surface area contributed by atoms with Gasteiger partial charge in [0.1, 0.15) is 11.5 Å². The second-order valence-electron chi connectivity index (χ2n) is 3.92. The highest BCUT2D eigenvalue weighted by molar-refractivity contribution is 5.82. The Hall–Kier alpha value is -3.16. The van der Waals surface area contributed by atoms with Crippen LogP contribution in [0, 0.1) is 20.2 Å². The third kappa shape index (κ3) is 2.34. The van der Waals surface area contributed by atoms with Crippen molar-refractivity contribution in [3.05, 3.63) is 56.6 Å². The van der Waals surface area contributed by atoms with Crippen LogP contribution in [0.2, 0.25) is 0 Å². The van der Waals surface area contributed by atoms with Crippen LogP contribution in [0.1, 0.15) is 0 Å². The molecule has 0 aliphatic rings. The first-order chi connectivity index (χ1) is 9.40. The molecule has 0 aromatic heterocycles. The number of rotatable bonds is 3. The van der Waals surface area contributed by atoms with Gasteiger partial charge in [0.25, 0.3) is 11.4 Å². The molecule has 0 bridgehead atoms. The summed E-state index contributed by atoms with van der Waals surface area (Å²) in [5, 5.41) is 40.8. The lowest BCUT2D eigenvalue weighted by atomic mass is 10.0. The molecule has 0 aliphatic carbocycles. The van der Waals surface area contributed by atoms with Crippen LogP contribution in [0.4, 0.5) is 11.4 Å². The van der Waals surface area contributed by atoms with Crippen LogP contribution in [-0.2, 0) is 0 Å². The second-order valence-corrected chi connectivity index (χ2v) is 3.92. The van der Waals surface area contributed by atoms with E-state index in [0.29, 0.717) is 0 Å². The van der Waals surface area contributed by atoms with Crippen LogP contribution in [0.5, 0.6) is 11.5 Å². The molecule has 0 spiro atoms. The van der Waals surface area contributed by atoms with Crippen molar-refractivity contribution >= 4 is 11.4 Å². The summed E-state index contributed by atoms with van der Waals surface area (Å²) in [6.07, 6.45) is 0. The van der Waals surface area contributed by atoms with E-state index < -0.39 is 21.2 Å². The van der Waals surface area contributed by atoms with E-state index in [1.54, 1.807) is 0 Å². The van der Waals surface area contributed by atoms with E-state index in [1.165, 1.54) is 0 Å². The third-order valence-electron chi connectivity index (χ3n) is 2.64. The molecule has 0 radical (unpaired) electrons. The van der Waals surface area contributed by atoms with Crippen molar-refractivity contribution in [1.29, 1.82) is 0 Å². The van der Waals surface area contributed by atoms with Gasteiger partial charge in [-0.05, 0) is 24.3 Å². The van der Waals surface area contributed by atoms with Crippen LogP contribution in [0.3, 0.4) is 0 Å². The van der Waals surface area contributed by atoms with Crippen LogP contribution in [0.15, 0.2) is 36.4 Å². The highest BCUT2D eigenvalue weighted by atomic mass is 16.6. The van der Waals surface area contributed by atoms with E-state index in [0.717, 1.165) is 36.4 Å². The van der Waals surface area contributed by atoms with Crippen molar-refractivity contribution in [1.82, 2.24) is 0 Å². The van der Waals surface area contributed by atoms with E-state index in [2.05, 4.69) is 0 Å². The quantitative estimate of drug-likeness (QED) is 0.655. The molecule has 2 rings (SSSR count). The van der Waals surface area contributed by atoms with Gasteiger partial charge in [-0.3, -0.25) is 20.2 Å². The Kier molecular flexibility index (Phi) is 3.21. The van der Waals surface area contributed by atoms with Gasteiger partial charge in [-0.15, -0.1) is 0 Å². The Morgan fingerprint density at radius 3 is 1.40 bits per heavy atom. The molecule has 0 saturated heterocycles. The van der Waals surface area contributed by atoms with Gasteiger partial charge in [-0.2, -0.15) is 0 Å². The van der Waals surface area contributed by atoms with Crippen LogP contribution in [-0.4, -0.2) is 20.1 Å². The molecule has 0 unspecified atom stereocenters. The molecule has 0 saturated carbocycles. The number of phenolic OH excluding ortho intramolecular Hbond substituents is 2. The molecule has 8 heteroatoms. The number of nitro groups is 2. The minimum Gasteiger partial charge on any atom is -0.508 e. The molecule has 0 atom stereocenters. The summed E-state index contributed by atoms with van der Waals surface area (Å²) < 4.78 is 0. The van der Waals surface area contributed by atoms with Crippen molar-refractivity contribution in [2.75, 3.05) is 0 Å². The summed E-state index contributed by atoms with van der Waals surface area (Å²) in [5.74, 6) is -0.550. The monoisotopic (exact) mass is 276 g/mol. The Morgan fingerprint density at radius 1 is 0.750 bits per heavy atom. The standard InChI is InChI=1S/C12H8N2O6/c15-7-1-3-11(13(17)18)9(5-7)10-6-8(16)2-4-12(10)14(19)20/h1-6,15-16H. The maximum absolute atomic E-state index is 11.0. The molecule has 0 fully saturated rings. The maximum atomic E-state index is 11.0. The molecular weight excluding hydrogens is 268 g/mol. The fourth-order valence-corrected chi connectivity index (χ4v) is 1.80. The average molecular weight is 276 g/mol. The van der Waals surface area contributed by atoms with E-state index in [9.17, 15) is 30.4 Å². The number of aromatic hydroxyl groups is 2. The van der Waals surface area contributed by atoms with Crippen molar-refractivity contribution in [2.45, 2.75) is 0 Å². The molecule has 0 heterocycles. The minimum absolute atomic E-state index is 0.141. The van der Waals surface area contributed by atoms with Crippen LogP contribution >= 0.6 is 0 Å². The zero-order chi connectivity index (χ0) is 14.9. The molecule has 2 N–H and O–H groups in total. The lowest BCUT2D eigenvalue weighted by Crippen LogP contribution is -1.96. The molecule has 2 aromatic rings. The van der Waals surface area contributed by atoms with Crippen LogP contribution in [0.25, 0.3) is 11.1 Å². The normalized spacial score (nSPS) is 10.2. The van der Waals surface area contributed by atoms with Gasteiger partial charge in [-0.25, -0.2) is 0 Å². The van der Waals surface area contributed by atoms with Crippen molar-refractivity contribution in [2.24, 2.45) is 0 Å². The molecule has 20 heavy (non-hydrogen) atoms. The third-order valence-corrected chi connectivity index (χ3v) is 2.64. The van der Waals surface area contributed by atoms with E-state index in [-0.39, 0.29) is 22.6 Å². The summed E-state index contributed by atoms with van der Waals surface area (Å²) in [4.78, 5) is 20.5. The number of benzene rings is 2. The average Bonchev–Trinajstić information content (AvgIpc) is 2.37. The largest absolute Gasteiger partial charge is 0.508 e. The number of nitrogens with zero attached hydrogens (tertiary/aromatic N) is 2. The van der Waals surface area contributed by atoms with Crippen molar-refractivity contribution < 1.29 is 20.1 Å². The highest BCUT2D eigenvalue weighted by Crippen LogP contribution is 2.39. The fraction of sp³-hybridized carbons (Fsp3) is 0.